The number of nitrogens with zero attached hydrogens (tertiary/aromatic N) is 2. The Morgan fingerprint density at radius 2 is 1.93 bits per heavy atom. The molecule has 0 bridgehead atoms. The number of hydrogen-bond donors (Lipinski definition) is 2. The smallest absolute Gasteiger partial charge is 0.213 e. The van der Waals surface area contributed by atoms with Gasteiger partial charge >= 0.3 is 0 Å². The number of guanidine groups is 1. The summed E-state index contributed by atoms with van der Waals surface area (Å²) in [4.78, 5) is 8.57. The van der Waals surface area contributed by atoms with E-state index >= 15 is 0 Å². The van der Waals surface area contributed by atoms with Crippen LogP contribution in [-0.2, 0) is 18.5 Å². The molecule has 0 aliphatic carbocycles. The molecule has 0 spiro atoms. The van der Waals surface area contributed by atoms with Gasteiger partial charge in [-0.1, -0.05) is 46.8 Å². The summed E-state index contributed by atoms with van der Waals surface area (Å²) < 4.78 is 11.6. The van der Waals surface area contributed by atoms with Gasteiger partial charge in [-0.15, -0.1) is 24.0 Å². The molecule has 2 N–H and O–H groups in total. The Morgan fingerprint density at radius 3 is 2.54 bits per heavy atom. The van der Waals surface area contributed by atoms with Crippen LogP contribution >= 0.6 is 24.0 Å². The van der Waals surface area contributed by atoms with Crippen LogP contribution in [0.4, 0.5) is 0 Å². The second-order valence-corrected chi connectivity index (χ2v) is 8.00. The maximum atomic E-state index is 5.79. The summed E-state index contributed by atoms with van der Waals surface area (Å²) in [5.74, 6) is 3.61. The van der Waals surface area contributed by atoms with Gasteiger partial charge in [0.15, 0.2) is 5.96 Å². The predicted octanol–water partition coefficient (Wildman–Crippen LogP) is 4.49. The van der Waals surface area contributed by atoms with Gasteiger partial charge < -0.3 is 19.8 Å². The van der Waals surface area contributed by atoms with Crippen LogP contribution in [0.1, 0.15) is 51.8 Å². The molecule has 2 aromatic rings. The first kappa shape index (κ1) is 24.3. The van der Waals surface area contributed by atoms with Gasteiger partial charge in [-0.2, -0.15) is 0 Å². The van der Waals surface area contributed by atoms with Crippen LogP contribution in [0.15, 0.2) is 39.9 Å². The molecule has 0 atom stereocenters. The lowest BCUT2D eigenvalue weighted by atomic mass is 9.94. The summed E-state index contributed by atoms with van der Waals surface area (Å²) in [7, 11) is 1.74. The summed E-state index contributed by atoms with van der Waals surface area (Å²) >= 11 is 0. The molecule has 6 nitrogen and oxygen atoms in total. The summed E-state index contributed by atoms with van der Waals surface area (Å²) in [6.45, 7) is 12.4. The van der Waals surface area contributed by atoms with E-state index < -0.39 is 0 Å². The molecule has 0 saturated heterocycles. The fraction of sp³-hybridized carbons (Fsp3) is 0.524. The number of ether oxygens (including phenoxy) is 1. The highest BCUT2D eigenvalue weighted by atomic mass is 127. The van der Waals surface area contributed by atoms with Crippen molar-refractivity contribution in [1.29, 1.82) is 0 Å². The Hall–Kier alpha value is -1.77. The maximum Gasteiger partial charge on any atom is 0.213 e. The lowest BCUT2D eigenvalue weighted by Crippen LogP contribution is -2.36. The largest absolute Gasteiger partial charge is 0.493 e. The second kappa shape index (κ2) is 11.3. The average Bonchev–Trinajstić information content (AvgIpc) is 3.10. The molecule has 156 valence electrons. The Morgan fingerprint density at radius 1 is 1.21 bits per heavy atom. The molecule has 0 fully saturated rings. The van der Waals surface area contributed by atoms with E-state index in [1.54, 1.807) is 13.2 Å². The van der Waals surface area contributed by atoms with Crippen molar-refractivity contribution in [3.63, 3.8) is 0 Å². The van der Waals surface area contributed by atoms with E-state index in [0.29, 0.717) is 37.5 Å². The number of aliphatic imine (C=N–C) groups is 1. The van der Waals surface area contributed by atoms with Crippen molar-refractivity contribution in [3.05, 3.63) is 47.7 Å². The first-order valence-corrected chi connectivity index (χ1v) is 9.39. The van der Waals surface area contributed by atoms with Crippen molar-refractivity contribution in [1.82, 2.24) is 15.6 Å². The lowest BCUT2D eigenvalue weighted by Gasteiger charge is -2.14. The third-order valence-electron chi connectivity index (χ3n) is 3.87. The summed E-state index contributed by atoms with van der Waals surface area (Å²) in [6.07, 6.45) is 1.79. The minimum Gasteiger partial charge on any atom is -0.493 e. The zero-order valence-electron chi connectivity index (χ0n) is 17.7. The fourth-order valence-corrected chi connectivity index (χ4v) is 2.31. The fourth-order valence-electron chi connectivity index (χ4n) is 2.31. The molecule has 0 radical (unpaired) electrons. The molecule has 0 amide bonds. The summed E-state index contributed by atoms with van der Waals surface area (Å²) in [6, 6.07) is 8.09. The molecule has 28 heavy (non-hydrogen) atoms. The van der Waals surface area contributed by atoms with E-state index in [1.165, 1.54) is 0 Å². The SMILES string of the molecule is CN=C(NCc1cccc(OCC(C)C)c1)NCc1ncc(C(C)(C)C)o1.I. The number of oxazole rings is 1. The Balaban J connectivity index is 0.00000392. The molecule has 2 rings (SSSR count). The van der Waals surface area contributed by atoms with Crippen molar-refractivity contribution < 1.29 is 9.15 Å². The molecule has 1 aromatic heterocycles. The highest BCUT2D eigenvalue weighted by Gasteiger charge is 2.19. The molecular weight excluding hydrogens is 467 g/mol. The zero-order chi connectivity index (χ0) is 19.9. The Bertz CT molecular complexity index is 751. The van der Waals surface area contributed by atoms with Crippen LogP contribution in [0.5, 0.6) is 5.75 Å². The average molecular weight is 500 g/mol. The Kier molecular flexibility index (Phi) is 9.78. The highest BCUT2D eigenvalue weighted by molar-refractivity contribution is 14.0. The summed E-state index contributed by atoms with van der Waals surface area (Å²) in [5.41, 5.74) is 1.08. The molecular formula is C21H33IN4O2. The van der Waals surface area contributed by atoms with Crippen molar-refractivity contribution >= 4 is 29.9 Å². The number of nitrogens with one attached hydrogen (secondary N) is 2. The van der Waals surface area contributed by atoms with E-state index in [0.717, 1.165) is 17.1 Å². The molecule has 0 saturated carbocycles. The number of hydrogen-bond acceptors (Lipinski definition) is 4. The second-order valence-electron chi connectivity index (χ2n) is 8.00. The van der Waals surface area contributed by atoms with Crippen LogP contribution < -0.4 is 15.4 Å². The standard InChI is InChI=1S/C21H32N4O2.HI/c1-15(2)14-26-17-9-7-8-16(10-17)11-24-20(22-6)25-13-19-23-12-18(27-19)21(3,4)5;/h7-10,12,15H,11,13-14H2,1-6H3,(H2,22,24,25);1H. The van der Waals surface area contributed by atoms with E-state index in [1.807, 2.05) is 18.2 Å². The van der Waals surface area contributed by atoms with Crippen molar-refractivity contribution in [2.75, 3.05) is 13.7 Å². The number of aromatic nitrogens is 1. The number of halogens is 1. The van der Waals surface area contributed by atoms with Gasteiger partial charge in [0.1, 0.15) is 11.5 Å². The molecule has 0 aliphatic heterocycles. The molecule has 1 aromatic carbocycles. The van der Waals surface area contributed by atoms with Gasteiger partial charge in [-0.25, -0.2) is 4.98 Å². The van der Waals surface area contributed by atoms with Gasteiger partial charge in [-0.05, 0) is 23.6 Å². The number of benzene rings is 1. The van der Waals surface area contributed by atoms with Gasteiger partial charge in [0.2, 0.25) is 5.89 Å². The van der Waals surface area contributed by atoms with E-state index in [9.17, 15) is 0 Å². The predicted molar refractivity (Wildman–Crippen MR) is 124 cm³/mol. The molecule has 1 heterocycles. The first-order valence-electron chi connectivity index (χ1n) is 9.39. The number of rotatable bonds is 7. The summed E-state index contributed by atoms with van der Waals surface area (Å²) in [5, 5.41) is 6.53. The Labute approximate surface area is 185 Å². The van der Waals surface area contributed by atoms with E-state index in [2.05, 4.69) is 61.3 Å². The normalized spacial score (nSPS) is 11.9. The zero-order valence-corrected chi connectivity index (χ0v) is 20.0. The van der Waals surface area contributed by atoms with E-state index in [4.69, 9.17) is 9.15 Å². The van der Waals surface area contributed by atoms with Crippen molar-refractivity contribution in [2.24, 2.45) is 10.9 Å². The lowest BCUT2D eigenvalue weighted by molar-refractivity contribution is 0.271. The maximum absolute atomic E-state index is 5.79. The van der Waals surface area contributed by atoms with Crippen LogP contribution in [-0.4, -0.2) is 24.6 Å². The van der Waals surface area contributed by atoms with Gasteiger partial charge in [0, 0.05) is 19.0 Å². The van der Waals surface area contributed by atoms with Crippen molar-refractivity contribution in [3.8, 4) is 5.75 Å². The topological polar surface area (TPSA) is 71.7 Å². The van der Waals surface area contributed by atoms with Gasteiger partial charge in [0.25, 0.3) is 0 Å². The van der Waals surface area contributed by atoms with Crippen molar-refractivity contribution in [2.45, 2.75) is 53.1 Å². The third-order valence-corrected chi connectivity index (χ3v) is 3.87. The van der Waals surface area contributed by atoms with Crippen LogP contribution in [0.2, 0.25) is 0 Å². The van der Waals surface area contributed by atoms with E-state index in [-0.39, 0.29) is 29.4 Å². The van der Waals surface area contributed by atoms with Crippen LogP contribution in [0.3, 0.4) is 0 Å². The highest BCUT2D eigenvalue weighted by Crippen LogP contribution is 2.22. The molecule has 0 unspecified atom stereocenters. The molecule has 0 aliphatic rings. The minimum atomic E-state index is -0.0478. The van der Waals surface area contributed by atoms with Crippen LogP contribution in [0.25, 0.3) is 0 Å². The minimum absolute atomic E-state index is 0. The molecule has 7 heteroatoms. The van der Waals surface area contributed by atoms with Crippen LogP contribution in [0, 0.1) is 5.92 Å². The first-order chi connectivity index (χ1) is 12.8. The quantitative estimate of drug-likeness (QED) is 0.333. The third kappa shape index (κ3) is 8.08. The van der Waals surface area contributed by atoms with Gasteiger partial charge in [-0.3, -0.25) is 4.99 Å². The van der Waals surface area contributed by atoms with Gasteiger partial charge in [0.05, 0.1) is 19.3 Å². The monoisotopic (exact) mass is 500 g/mol.